The summed E-state index contributed by atoms with van der Waals surface area (Å²) >= 11 is 0. The first kappa shape index (κ1) is 17.6. The summed E-state index contributed by atoms with van der Waals surface area (Å²) in [5.74, 6) is -0.459. The molecule has 0 fully saturated rings. The number of carbonyl (C=O) groups excluding carboxylic acids is 1. The first-order chi connectivity index (χ1) is 13.6. The zero-order chi connectivity index (χ0) is 19.5. The first-order valence-electron chi connectivity index (χ1n) is 8.87. The van der Waals surface area contributed by atoms with Gasteiger partial charge < -0.3 is 5.32 Å². The molecular formula is C22H18N4O2. The third kappa shape index (κ3) is 3.53. The fraction of sp³-hybridized carbons (Fsp3) is 0.0909. The van der Waals surface area contributed by atoms with Gasteiger partial charge in [0.25, 0.3) is 11.5 Å². The van der Waals surface area contributed by atoms with E-state index in [0.717, 1.165) is 16.5 Å². The molecule has 3 heterocycles. The summed E-state index contributed by atoms with van der Waals surface area (Å²) < 4.78 is 1.54. The average Bonchev–Trinajstić information content (AvgIpc) is 2.72. The van der Waals surface area contributed by atoms with Crippen LogP contribution in [0.5, 0.6) is 0 Å². The second kappa shape index (κ2) is 7.44. The van der Waals surface area contributed by atoms with Crippen LogP contribution in [0.25, 0.3) is 11.0 Å². The maximum atomic E-state index is 13.1. The minimum absolute atomic E-state index is 0.0735. The Balaban J connectivity index is 1.79. The lowest BCUT2D eigenvalue weighted by Crippen LogP contribution is -2.30. The Morgan fingerprint density at radius 3 is 2.54 bits per heavy atom. The molecule has 1 amide bonds. The van der Waals surface area contributed by atoms with Crippen LogP contribution in [0.3, 0.4) is 0 Å². The number of amides is 1. The van der Waals surface area contributed by atoms with Crippen molar-refractivity contribution in [3.63, 3.8) is 0 Å². The van der Waals surface area contributed by atoms with E-state index >= 15 is 0 Å². The standard InChI is InChI=1S/C22H18N4O2/c1-15-4-6-16(7-5-15)14-26-20-17(3-2-10-24-20)13-19(22(26)28)21(27)25-18-8-11-23-12-9-18/h2-13H,14H2,1H3,(H,23,25,27). The molecule has 0 radical (unpaired) electrons. The van der Waals surface area contributed by atoms with Gasteiger partial charge in [0.05, 0.1) is 6.54 Å². The van der Waals surface area contributed by atoms with Crippen molar-refractivity contribution in [2.45, 2.75) is 13.5 Å². The minimum Gasteiger partial charge on any atom is -0.322 e. The van der Waals surface area contributed by atoms with Crippen LogP contribution in [-0.4, -0.2) is 20.4 Å². The van der Waals surface area contributed by atoms with E-state index in [2.05, 4.69) is 15.3 Å². The van der Waals surface area contributed by atoms with Crippen molar-refractivity contribution >= 4 is 22.6 Å². The average molecular weight is 370 g/mol. The number of fused-ring (bicyclic) bond motifs is 1. The van der Waals surface area contributed by atoms with Crippen LogP contribution in [0.15, 0.2) is 78.0 Å². The van der Waals surface area contributed by atoms with Gasteiger partial charge in [-0.3, -0.25) is 19.1 Å². The Hall–Kier alpha value is -3.80. The fourth-order valence-corrected chi connectivity index (χ4v) is 3.03. The third-order valence-corrected chi connectivity index (χ3v) is 4.49. The van der Waals surface area contributed by atoms with Gasteiger partial charge in [0.2, 0.25) is 0 Å². The number of aromatic nitrogens is 3. The van der Waals surface area contributed by atoms with E-state index in [9.17, 15) is 9.59 Å². The van der Waals surface area contributed by atoms with Crippen molar-refractivity contribution in [3.8, 4) is 0 Å². The van der Waals surface area contributed by atoms with Crippen molar-refractivity contribution in [3.05, 3.63) is 100 Å². The van der Waals surface area contributed by atoms with E-state index < -0.39 is 5.91 Å². The van der Waals surface area contributed by atoms with Crippen molar-refractivity contribution in [1.82, 2.24) is 14.5 Å². The summed E-state index contributed by atoms with van der Waals surface area (Å²) in [6, 6.07) is 16.5. The highest BCUT2D eigenvalue weighted by Gasteiger charge is 2.17. The Morgan fingerprint density at radius 1 is 1.04 bits per heavy atom. The zero-order valence-corrected chi connectivity index (χ0v) is 15.3. The summed E-state index contributed by atoms with van der Waals surface area (Å²) in [5, 5.41) is 3.48. The number of nitrogens with one attached hydrogen (secondary N) is 1. The highest BCUT2D eigenvalue weighted by Crippen LogP contribution is 2.14. The summed E-state index contributed by atoms with van der Waals surface area (Å²) in [6.07, 6.45) is 4.80. The molecule has 4 aromatic rings. The van der Waals surface area contributed by atoms with Crippen LogP contribution < -0.4 is 10.9 Å². The molecule has 0 atom stereocenters. The molecule has 0 unspecified atom stereocenters. The summed E-state index contributed by atoms with van der Waals surface area (Å²) in [4.78, 5) is 34.2. The predicted octanol–water partition coefficient (Wildman–Crippen LogP) is 3.40. The van der Waals surface area contributed by atoms with E-state index in [0.29, 0.717) is 17.9 Å². The van der Waals surface area contributed by atoms with E-state index in [1.54, 1.807) is 47.4 Å². The molecule has 4 rings (SSSR count). The molecule has 0 spiro atoms. The van der Waals surface area contributed by atoms with E-state index in [4.69, 9.17) is 0 Å². The topological polar surface area (TPSA) is 76.9 Å². The zero-order valence-electron chi connectivity index (χ0n) is 15.3. The molecule has 0 saturated carbocycles. The molecule has 1 N–H and O–H groups in total. The van der Waals surface area contributed by atoms with Gasteiger partial charge in [0.1, 0.15) is 11.2 Å². The van der Waals surface area contributed by atoms with Crippen LogP contribution in [0.2, 0.25) is 0 Å². The maximum absolute atomic E-state index is 13.1. The Kier molecular flexibility index (Phi) is 4.68. The second-order valence-corrected chi connectivity index (χ2v) is 6.54. The van der Waals surface area contributed by atoms with Gasteiger partial charge in [-0.2, -0.15) is 0 Å². The number of anilines is 1. The number of rotatable bonds is 4. The number of hydrogen-bond donors (Lipinski definition) is 1. The fourth-order valence-electron chi connectivity index (χ4n) is 3.03. The van der Waals surface area contributed by atoms with Gasteiger partial charge in [-0.1, -0.05) is 29.8 Å². The van der Waals surface area contributed by atoms with Crippen molar-refractivity contribution < 1.29 is 4.79 Å². The quantitative estimate of drug-likeness (QED) is 0.597. The van der Waals surface area contributed by atoms with Gasteiger partial charge in [0.15, 0.2) is 0 Å². The molecular weight excluding hydrogens is 352 g/mol. The molecule has 0 aliphatic rings. The third-order valence-electron chi connectivity index (χ3n) is 4.49. The van der Waals surface area contributed by atoms with E-state index in [1.807, 2.05) is 37.3 Å². The van der Waals surface area contributed by atoms with Crippen LogP contribution in [-0.2, 0) is 6.54 Å². The Bertz CT molecular complexity index is 1200. The monoisotopic (exact) mass is 370 g/mol. The molecule has 6 nitrogen and oxygen atoms in total. The molecule has 0 bridgehead atoms. The van der Waals surface area contributed by atoms with Gasteiger partial charge in [-0.25, -0.2) is 4.98 Å². The van der Waals surface area contributed by atoms with Crippen molar-refractivity contribution in [1.29, 1.82) is 0 Å². The highest BCUT2D eigenvalue weighted by molar-refractivity contribution is 6.05. The minimum atomic E-state index is -0.459. The largest absolute Gasteiger partial charge is 0.322 e. The SMILES string of the molecule is Cc1ccc(Cn2c(=O)c(C(=O)Nc3ccncc3)cc3cccnc32)cc1. The number of aryl methyl sites for hydroxylation is 1. The Morgan fingerprint density at radius 2 is 1.79 bits per heavy atom. The van der Waals surface area contributed by atoms with Crippen molar-refractivity contribution in [2.24, 2.45) is 0 Å². The van der Waals surface area contributed by atoms with E-state index in [1.165, 1.54) is 0 Å². The number of nitrogens with zero attached hydrogens (tertiary/aromatic N) is 3. The van der Waals surface area contributed by atoms with Crippen LogP contribution >= 0.6 is 0 Å². The van der Waals surface area contributed by atoms with E-state index in [-0.39, 0.29) is 11.1 Å². The smallest absolute Gasteiger partial charge is 0.265 e. The first-order valence-corrected chi connectivity index (χ1v) is 8.87. The normalized spacial score (nSPS) is 10.8. The summed E-state index contributed by atoms with van der Waals surface area (Å²) in [6.45, 7) is 2.35. The van der Waals surface area contributed by atoms with Gasteiger partial charge >= 0.3 is 0 Å². The molecule has 0 aliphatic heterocycles. The maximum Gasteiger partial charge on any atom is 0.265 e. The number of pyridine rings is 3. The number of carbonyl (C=O) groups is 1. The lowest BCUT2D eigenvalue weighted by atomic mass is 10.1. The van der Waals surface area contributed by atoms with Crippen LogP contribution in [0, 0.1) is 6.92 Å². The molecule has 3 aromatic heterocycles. The van der Waals surface area contributed by atoms with Crippen LogP contribution in [0.4, 0.5) is 5.69 Å². The van der Waals surface area contributed by atoms with Gasteiger partial charge in [-0.15, -0.1) is 0 Å². The lowest BCUT2D eigenvalue weighted by molar-refractivity contribution is 0.102. The van der Waals surface area contributed by atoms with Gasteiger partial charge in [0, 0.05) is 29.7 Å². The number of benzene rings is 1. The molecule has 0 aliphatic carbocycles. The molecule has 138 valence electrons. The molecule has 28 heavy (non-hydrogen) atoms. The molecule has 0 saturated heterocycles. The summed E-state index contributed by atoms with van der Waals surface area (Å²) in [7, 11) is 0. The number of hydrogen-bond acceptors (Lipinski definition) is 4. The van der Waals surface area contributed by atoms with Crippen LogP contribution in [0.1, 0.15) is 21.5 Å². The predicted molar refractivity (Wildman–Crippen MR) is 108 cm³/mol. The lowest BCUT2D eigenvalue weighted by Gasteiger charge is -2.12. The highest BCUT2D eigenvalue weighted by atomic mass is 16.2. The van der Waals surface area contributed by atoms with Crippen molar-refractivity contribution in [2.75, 3.05) is 5.32 Å². The molecule has 6 heteroatoms. The van der Waals surface area contributed by atoms with Gasteiger partial charge in [-0.05, 0) is 42.8 Å². The summed E-state index contributed by atoms with van der Waals surface area (Å²) in [5.41, 5.74) is 2.93. The molecule has 1 aromatic carbocycles. The Labute approximate surface area is 161 Å². The second-order valence-electron chi connectivity index (χ2n) is 6.54.